The van der Waals surface area contributed by atoms with Gasteiger partial charge in [-0.25, -0.2) is 9.78 Å². The highest BCUT2D eigenvalue weighted by Gasteiger charge is 2.18. The van der Waals surface area contributed by atoms with Gasteiger partial charge in [0, 0.05) is 28.7 Å². The molecule has 3 aromatic rings. The van der Waals surface area contributed by atoms with Crippen LogP contribution in [0.4, 0.5) is 5.82 Å². The predicted molar refractivity (Wildman–Crippen MR) is 97.4 cm³/mol. The van der Waals surface area contributed by atoms with Crippen LogP contribution in [0.2, 0.25) is 5.02 Å². The third-order valence-corrected chi connectivity index (χ3v) is 4.27. The van der Waals surface area contributed by atoms with Gasteiger partial charge in [0.15, 0.2) is 0 Å². The van der Waals surface area contributed by atoms with Crippen LogP contribution in [0.3, 0.4) is 0 Å². The van der Waals surface area contributed by atoms with Crippen LogP contribution in [0.15, 0.2) is 53.3 Å². The summed E-state index contributed by atoms with van der Waals surface area (Å²) < 4.78 is 0.864. The van der Waals surface area contributed by atoms with Crippen LogP contribution in [-0.2, 0) is 11.2 Å². The van der Waals surface area contributed by atoms with Crippen molar-refractivity contribution < 1.29 is 9.90 Å². The molecule has 0 aliphatic carbocycles. The second kappa shape index (κ2) is 7.15. The second-order valence-corrected chi connectivity index (χ2v) is 6.57. The van der Waals surface area contributed by atoms with Gasteiger partial charge in [0.1, 0.15) is 11.9 Å². The number of hydrogen-bond acceptors (Lipinski definition) is 4. The van der Waals surface area contributed by atoms with Crippen LogP contribution in [0.1, 0.15) is 5.56 Å². The van der Waals surface area contributed by atoms with Crippen LogP contribution < -0.4 is 5.32 Å². The maximum absolute atomic E-state index is 11.5. The van der Waals surface area contributed by atoms with Gasteiger partial charge in [-0.05, 0) is 42.0 Å². The van der Waals surface area contributed by atoms with Crippen molar-refractivity contribution in [3.05, 3.63) is 63.9 Å². The maximum Gasteiger partial charge on any atom is 0.326 e. The number of fused-ring (bicyclic) bond motifs is 1. The zero-order valence-corrected chi connectivity index (χ0v) is 14.8. The van der Waals surface area contributed by atoms with Crippen molar-refractivity contribution in [3.63, 3.8) is 0 Å². The van der Waals surface area contributed by atoms with E-state index in [1.807, 2.05) is 12.1 Å². The summed E-state index contributed by atoms with van der Waals surface area (Å²) >= 11 is 9.61. The smallest absolute Gasteiger partial charge is 0.326 e. The number of hydrogen-bond donors (Lipinski definition) is 2. The number of benzene rings is 1. The molecular formula is C17H13BrClN3O2. The first kappa shape index (κ1) is 16.7. The lowest BCUT2D eigenvalue weighted by atomic mass is 10.1. The van der Waals surface area contributed by atoms with Gasteiger partial charge in [-0.15, -0.1) is 0 Å². The largest absolute Gasteiger partial charge is 0.480 e. The molecule has 0 aliphatic rings. The standard InChI is InChI=1S/C17H13BrClN3O2/c18-12-8-11-1-2-15(22-16(11)13(19)9-12)21-14(17(23)24)7-10-3-5-20-6-4-10/h1-6,8-9,14H,7H2,(H,21,22)(H,23,24). The van der Waals surface area contributed by atoms with E-state index in [0.29, 0.717) is 22.8 Å². The number of aliphatic carboxylic acids is 1. The molecule has 0 aliphatic heterocycles. The van der Waals surface area contributed by atoms with Gasteiger partial charge in [0.05, 0.1) is 10.5 Å². The van der Waals surface area contributed by atoms with Crippen LogP contribution in [0.25, 0.3) is 10.9 Å². The van der Waals surface area contributed by atoms with Crippen LogP contribution in [0.5, 0.6) is 0 Å². The number of carboxylic acid groups (broad SMARTS) is 1. The Labute approximate surface area is 151 Å². The molecule has 1 aromatic carbocycles. The highest BCUT2D eigenvalue weighted by Crippen LogP contribution is 2.28. The van der Waals surface area contributed by atoms with E-state index in [1.165, 1.54) is 0 Å². The highest BCUT2D eigenvalue weighted by atomic mass is 79.9. The Kier molecular flexibility index (Phi) is 4.97. The Bertz CT molecular complexity index is 890. The highest BCUT2D eigenvalue weighted by molar-refractivity contribution is 9.10. The van der Waals surface area contributed by atoms with Crippen molar-refractivity contribution in [2.75, 3.05) is 5.32 Å². The molecule has 2 N–H and O–H groups in total. The average Bonchev–Trinajstić information content (AvgIpc) is 2.55. The van der Waals surface area contributed by atoms with Crippen LogP contribution >= 0.6 is 27.5 Å². The van der Waals surface area contributed by atoms with Crippen LogP contribution in [-0.4, -0.2) is 27.1 Å². The lowest BCUT2D eigenvalue weighted by Crippen LogP contribution is -2.31. The molecule has 0 saturated heterocycles. The summed E-state index contributed by atoms with van der Waals surface area (Å²) in [5.41, 5.74) is 1.51. The van der Waals surface area contributed by atoms with Crippen molar-refractivity contribution in [3.8, 4) is 0 Å². The first-order chi connectivity index (χ1) is 11.5. The van der Waals surface area contributed by atoms with E-state index in [2.05, 4.69) is 31.2 Å². The number of aromatic nitrogens is 2. The van der Waals surface area contributed by atoms with E-state index in [0.717, 1.165) is 15.4 Å². The minimum atomic E-state index is -0.949. The first-order valence-corrected chi connectivity index (χ1v) is 8.34. The average molecular weight is 407 g/mol. The lowest BCUT2D eigenvalue weighted by molar-refractivity contribution is -0.137. The molecule has 0 amide bonds. The monoisotopic (exact) mass is 405 g/mol. The molecule has 122 valence electrons. The summed E-state index contributed by atoms with van der Waals surface area (Å²) in [5.74, 6) is -0.483. The van der Waals surface area contributed by atoms with E-state index < -0.39 is 12.0 Å². The Balaban J connectivity index is 1.87. The number of pyridine rings is 2. The molecule has 2 aromatic heterocycles. The van der Waals surface area contributed by atoms with Crippen molar-refractivity contribution in [2.24, 2.45) is 0 Å². The lowest BCUT2D eigenvalue weighted by Gasteiger charge is -2.15. The molecule has 0 bridgehead atoms. The van der Waals surface area contributed by atoms with E-state index in [4.69, 9.17) is 11.6 Å². The van der Waals surface area contributed by atoms with Crippen molar-refractivity contribution in [1.29, 1.82) is 0 Å². The molecule has 2 heterocycles. The summed E-state index contributed by atoms with van der Waals surface area (Å²) in [5, 5.41) is 13.8. The van der Waals surface area contributed by atoms with Crippen molar-refractivity contribution in [1.82, 2.24) is 9.97 Å². The number of carboxylic acids is 1. The topological polar surface area (TPSA) is 75.1 Å². The minimum Gasteiger partial charge on any atom is -0.480 e. The van der Waals surface area contributed by atoms with E-state index in [9.17, 15) is 9.90 Å². The molecule has 0 fully saturated rings. The van der Waals surface area contributed by atoms with E-state index >= 15 is 0 Å². The Morgan fingerprint density at radius 1 is 1.25 bits per heavy atom. The van der Waals surface area contributed by atoms with Crippen molar-refractivity contribution >= 4 is 50.2 Å². The van der Waals surface area contributed by atoms with Gasteiger partial charge in [0.2, 0.25) is 0 Å². The SMILES string of the molecule is O=C(O)C(Cc1ccncc1)Nc1ccc2cc(Br)cc(Cl)c2n1. The third-order valence-electron chi connectivity index (χ3n) is 3.52. The Morgan fingerprint density at radius 2 is 2.00 bits per heavy atom. The fourth-order valence-corrected chi connectivity index (χ4v) is 3.25. The summed E-state index contributed by atoms with van der Waals surface area (Å²) in [7, 11) is 0. The number of rotatable bonds is 5. The maximum atomic E-state index is 11.5. The Morgan fingerprint density at radius 3 is 2.71 bits per heavy atom. The number of halogens is 2. The van der Waals surface area contributed by atoms with Gasteiger partial charge >= 0.3 is 5.97 Å². The minimum absolute atomic E-state index is 0.325. The molecule has 1 atom stereocenters. The molecule has 3 rings (SSSR count). The quantitative estimate of drug-likeness (QED) is 0.665. The summed E-state index contributed by atoms with van der Waals surface area (Å²) in [4.78, 5) is 19.9. The molecule has 1 unspecified atom stereocenters. The molecular weight excluding hydrogens is 394 g/mol. The molecule has 7 heteroatoms. The normalized spacial score (nSPS) is 12.1. The molecule has 5 nitrogen and oxygen atoms in total. The van der Waals surface area contributed by atoms with E-state index in [-0.39, 0.29) is 0 Å². The first-order valence-electron chi connectivity index (χ1n) is 7.17. The Hall–Kier alpha value is -2.18. The summed E-state index contributed by atoms with van der Waals surface area (Å²) in [6, 6.07) is 10.0. The number of carbonyl (C=O) groups is 1. The molecule has 24 heavy (non-hydrogen) atoms. The zero-order valence-electron chi connectivity index (χ0n) is 12.4. The van der Waals surface area contributed by atoms with Gasteiger partial charge in [-0.2, -0.15) is 0 Å². The van der Waals surface area contributed by atoms with E-state index in [1.54, 1.807) is 36.7 Å². The van der Waals surface area contributed by atoms with Crippen molar-refractivity contribution in [2.45, 2.75) is 12.5 Å². The predicted octanol–water partition coefficient (Wildman–Crippen LogP) is 4.15. The number of nitrogens with one attached hydrogen (secondary N) is 1. The summed E-state index contributed by atoms with van der Waals surface area (Å²) in [6.45, 7) is 0. The van der Waals surface area contributed by atoms with Gasteiger partial charge in [0.25, 0.3) is 0 Å². The number of anilines is 1. The number of nitrogens with zero attached hydrogens (tertiary/aromatic N) is 2. The fourth-order valence-electron chi connectivity index (χ4n) is 2.37. The second-order valence-electron chi connectivity index (χ2n) is 5.25. The van der Waals surface area contributed by atoms with Gasteiger partial charge < -0.3 is 10.4 Å². The molecule has 0 spiro atoms. The zero-order chi connectivity index (χ0) is 17.1. The van der Waals surface area contributed by atoms with Gasteiger partial charge in [-0.3, -0.25) is 4.98 Å². The molecule has 0 saturated carbocycles. The molecule has 0 radical (unpaired) electrons. The van der Waals surface area contributed by atoms with Gasteiger partial charge in [-0.1, -0.05) is 27.5 Å². The third kappa shape index (κ3) is 3.83. The van der Waals surface area contributed by atoms with Crippen LogP contribution in [0, 0.1) is 0 Å². The summed E-state index contributed by atoms with van der Waals surface area (Å²) in [6.07, 6.45) is 3.60. The fraction of sp³-hybridized carbons (Fsp3) is 0.118.